The van der Waals surface area contributed by atoms with Crippen molar-refractivity contribution in [2.45, 2.75) is 26.2 Å². The minimum atomic E-state index is -4.64. The van der Waals surface area contributed by atoms with Crippen LogP contribution < -0.4 is 4.74 Å². The maximum Gasteiger partial charge on any atom is 0.472 e. The molecule has 148 valence electrons. The molecule has 0 aliphatic rings. The van der Waals surface area contributed by atoms with Crippen molar-refractivity contribution in [2.75, 3.05) is 6.79 Å². The summed E-state index contributed by atoms with van der Waals surface area (Å²) >= 11 is 0. The van der Waals surface area contributed by atoms with E-state index >= 15 is 0 Å². The molecule has 0 spiro atoms. The molecule has 2 aromatic carbocycles. The number of rotatable bonds is 9. The van der Waals surface area contributed by atoms with E-state index in [2.05, 4.69) is 11.4 Å². The van der Waals surface area contributed by atoms with Crippen LogP contribution in [0.3, 0.4) is 0 Å². The van der Waals surface area contributed by atoms with Crippen molar-refractivity contribution in [2.24, 2.45) is 5.92 Å². The third kappa shape index (κ3) is 7.11. The maximum atomic E-state index is 10.6. The molecule has 0 fully saturated rings. The fraction of sp³-hybridized carbons (Fsp3) is 0.333. The number of phosphoric ester groups is 1. The van der Waals surface area contributed by atoms with Crippen molar-refractivity contribution in [1.29, 1.82) is 0 Å². The zero-order valence-corrected chi connectivity index (χ0v) is 15.7. The Bertz CT molecular complexity index is 817. The summed E-state index contributed by atoms with van der Waals surface area (Å²) in [4.78, 5) is 17.3. The Morgan fingerprint density at radius 1 is 0.963 bits per heavy atom. The third-order valence-corrected chi connectivity index (χ3v) is 4.45. The summed E-state index contributed by atoms with van der Waals surface area (Å²) in [7, 11) is -4.64. The SMILES string of the molecule is CC(CCc1ccc(O)c(O)c1)Cc1ccc(O)c(OCOP(=O)(O)O)c1. The van der Waals surface area contributed by atoms with Crippen LogP contribution in [0.1, 0.15) is 24.5 Å². The lowest BCUT2D eigenvalue weighted by Gasteiger charge is -2.14. The molecule has 1 atom stereocenters. The average molecular weight is 398 g/mol. The van der Waals surface area contributed by atoms with Crippen LogP contribution in [0.15, 0.2) is 36.4 Å². The highest BCUT2D eigenvalue weighted by Gasteiger charge is 2.15. The molecule has 0 bridgehead atoms. The van der Waals surface area contributed by atoms with Gasteiger partial charge in [-0.25, -0.2) is 9.09 Å². The van der Waals surface area contributed by atoms with Crippen molar-refractivity contribution >= 4 is 7.82 Å². The van der Waals surface area contributed by atoms with Gasteiger partial charge in [0.25, 0.3) is 0 Å². The molecular formula is C18H23O8P. The summed E-state index contributed by atoms with van der Waals surface area (Å²) in [5, 5.41) is 28.6. The lowest BCUT2D eigenvalue weighted by Crippen LogP contribution is -2.04. The number of hydrogen-bond donors (Lipinski definition) is 5. The standard InChI is InChI=1S/C18H23O8P/c1-12(2-3-13-4-6-15(19)17(21)9-13)8-14-5-7-16(20)18(10-14)25-11-26-27(22,23)24/h4-7,9-10,12,19-21H,2-3,8,11H2,1H3,(H2,22,23,24). The lowest BCUT2D eigenvalue weighted by molar-refractivity contribution is 0.0806. The van der Waals surface area contributed by atoms with Gasteiger partial charge in [0, 0.05) is 0 Å². The fourth-order valence-corrected chi connectivity index (χ4v) is 2.79. The van der Waals surface area contributed by atoms with E-state index in [1.165, 1.54) is 18.2 Å². The number of aromatic hydroxyl groups is 3. The van der Waals surface area contributed by atoms with Crippen LogP contribution in [0.5, 0.6) is 23.0 Å². The predicted octanol–water partition coefficient (Wildman–Crippen LogP) is 3.06. The molecule has 8 nitrogen and oxygen atoms in total. The van der Waals surface area contributed by atoms with Gasteiger partial charge in [-0.15, -0.1) is 0 Å². The first-order chi connectivity index (χ1) is 12.6. The highest BCUT2D eigenvalue weighted by molar-refractivity contribution is 7.46. The zero-order valence-electron chi connectivity index (χ0n) is 14.8. The average Bonchev–Trinajstić information content (AvgIpc) is 2.57. The normalized spacial score (nSPS) is 12.7. The van der Waals surface area contributed by atoms with Crippen LogP contribution in [0.4, 0.5) is 0 Å². The predicted molar refractivity (Wildman–Crippen MR) is 97.7 cm³/mol. The summed E-state index contributed by atoms with van der Waals surface area (Å²) in [6.07, 6.45) is 2.26. The topological polar surface area (TPSA) is 137 Å². The van der Waals surface area contributed by atoms with Crippen molar-refractivity contribution in [1.82, 2.24) is 0 Å². The molecule has 2 rings (SSSR count). The van der Waals surface area contributed by atoms with Gasteiger partial charge in [-0.2, -0.15) is 0 Å². The Morgan fingerprint density at radius 2 is 1.63 bits per heavy atom. The van der Waals surface area contributed by atoms with Gasteiger partial charge < -0.3 is 29.8 Å². The molecular weight excluding hydrogens is 375 g/mol. The second-order valence-electron chi connectivity index (χ2n) is 6.35. The molecule has 0 saturated carbocycles. The molecule has 0 aromatic heterocycles. The van der Waals surface area contributed by atoms with Crippen LogP contribution in [-0.4, -0.2) is 31.9 Å². The summed E-state index contributed by atoms with van der Waals surface area (Å²) in [5.41, 5.74) is 1.81. The van der Waals surface area contributed by atoms with E-state index < -0.39 is 14.6 Å². The van der Waals surface area contributed by atoms with Crippen LogP contribution in [0, 0.1) is 5.92 Å². The number of benzene rings is 2. The van der Waals surface area contributed by atoms with Crippen LogP contribution >= 0.6 is 7.82 Å². The first-order valence-corrected chi connectivity index (χ1v) is 9.82. The third-order valence-electron chi connectivity index (χ3n) is 4.01. The van der Waals surface area contributed by atoms with Crippen molar-refractivity contribution in [3.63, 3.8) is 0 Å². The van der Waals surface area contributed by atoms with Crippen LogP contribution in [-0.2, 0) is 21.9 Å². The minimum Gasteiger partial charge on any atom is -0.504 e. The molecule has 0 heterocycles. The first-order valence-electron chi connectivity index (χ1n) is 8.29. The number of phosphoric acid groups is 1. The first kappa shape index (κ1) is 21.1. The highest BCUT2D eigenvalue weighted by Crippen LogP contribution is 2.36. The van der Waals surface area contributed by atoms with Crippen LogP contribution in [0.25, 0.3) is 0 Å². The zero-order chi connectivity index (χ0) is 20.0. The summed E-state index contributed by atoms with van der Waals surface area (Å²) in [6.45, 7) is 1.38. The molecule has 0 saturated heterocycles. The van der Waals surface area contributed by atoms with E-state index in [1.807, 2.05) is 0 Å². The van der Waals surface area contributed by atoms with Crippen molar-refractivity contribution in [3.8, 4) is 23.0 Å². The molecule has 2 aromatic rings. The van der Waals surface area contributed by atoms with E-state index in [9.17, 15) is 19.9 Å². The quantitative estimate of drug-likeness (QED) is 0.247. The van der Waals surface area contributed by atoms with Gasteiger partial charge in [-0.1, -0.05) is 19.1 Å². The summed E-state index contributed by atoms with van der Waals surface area (Å²) < 4.78 is 19.9. The van der Waals surface area contributed by atoms with Gasteiger partial charge in [0.1, 0.15) is 0 Å². The molecule has 0 radical (unpaired) electrons. The number of aryl methyl sites for hydroxylation is 1. The molecule has 0 aliphatic carbocycles. The Labute approximate surface area is 156 Å². The van der Waals surface area contributed by atoms with E-state index in [0.29, 0.717) is 6.42 Å². The van der Waals surface area contributed by atoms with Crippen LogP contribution in [0.2, 0.25) is 0 Å². The molecule has 27 heavy (non-hydrogen) atoms. The van der Waals surface area contributed by atoms with Gasteiger partial charge in [-0.05, 0) is 60.6 Å². The summed E-state index contributed by atoms with van der Waals surface area (Å²) in [5.74, 6) is -0.0780. The number of phenols is 3. The van der Waals surface area contributed by atoms with Gasteiger partial charge in [0.05, 0.1) is 0 Å². The highest BCUT2D eigenvalue weighted by atomic mass is 31.2. The van der Waals surface area contributed by atoms with Gasteiger partial charge in [0.15, 0.2) is 23.0 Å². The monoisotopic (exact) mass is 398 g/mol. The van der Waals surface area contributed by atoms with Gasteiger partial charge in [0.2, 0.25) is 6.79 Å². The Kier molecular flexibility index (Phi) is 7.10. The number of phenolic OH excluding ortho intramolecular Hbond substituents is 3. The Morgan fingerprint density at radius 3 is 2.30 bits per heavy atom. The largest absolute Gasteiger partial charge is 0.504 e. The molecule has 0 aliphatic heterocycles. The smallest absolute Gasteiger partial charge is 0.472 e. The summed E-state index contributed by atoms with van der Waals surface area (Å²) in [6, 6.07) is 9.55. The lowest BCUT2D eigenvalue weighted by atomic mass is 9.94. The molecule has 0 amide bonds. The van der Waals surface area contributed by atoms with Crippen molar-refractivity contribution in [3.05, 3.63) is 47.5 Å². The van der Waals surface area contributed by atoms with E-state index in [0.717, 1.165) is 24.0 Å². The second kappa shape index (κ2) is 9.10. The van der Waals surface area contributed by atoms with E-state index in [4.69, 9.17) is 14.5 Å². The Balaban J connectivity index is 1.90. The fourth-order valence-electron chi connectivity index (χ4n) is 2.60. The number of ether oxygens (including phenoxy) is 1. The van der Waals surface area contributed by atoms with Gasteiger partial charge in [-0.3, -0.25) is 0 Å². The molecule has 5 N–H and O–H groups in total. The molecule has 9 heteroatoms. The molecule has 1 unspecified atom stereocenters. The number of hydrogen-bond acceptors (Lipinski definition) is 6. The Hall–Kier alpha value is -2.25. The van der Waals surface area contributed by atoms with E-state index in [1.54, 1.807) is 18.2 Å². The minimum absolute atomic E-state index is 0.0802. The van der Waals surface area contributed by atoms with E-state index in [-0.39, 0.29) is 28.9 Å². The van der Waals surface area contributed by atoms with Gasteiger partial charge >= 0.3 is 7.82 Å². The van der Waals surface area contributed by atoms with Crippen molar-refractivity contribution < 1.29 is 38.9 Å². The maximum absolute atomic E-state index is 10.6. The second-order valence-corrected chi connectivity index (χ2v) is 7.59.